The van der Waals surface area contributed by atoms with Crippen LogP contribution in [0.4, 0.5) is 17.6 Å². The molecule has 0 atom stereocenters. The molecule has 0 radical (unpaired) electrons. The molecule has 0 unspecified atom stereocenters. The van der Waals surface area contributed by atoms with Crippen LogP contribution in [0, 0.1) is 5.92 Å². The second kappa shape index (κ2) is 16.5. The zero-order valence-electron chi connectivity index (χ0n) is 13.9. The van der Waals surface area contributed by atoms with Gasteiger partial charge < -0.3 is 0 Å². The average Bonchev–Trinajstić information content (AvgIpc) is 2.42. The Morgan fingerprint density at radius 3 is 1.70 bits per heavy atom. The number of allylic oxidation sites excluding steroid dienone is 2. The van der Waals surface area contributed by atoms with Gasteiger partial charge in [0.15, 0.2) is 0 Å². The van der Waals surface area contributed by atoms with Gasteiger partial charge in [0.25, 0.3) is 5.92 Å². The van der Waals surface area contributed by atoms with E-state index in [0.29, 0.717) is 12.3 Å². The molecule has 0 fully saturated rings. The average molecular weight is 300 g/mol. The van der Waals surface area contributed by atoms with Crippen LogP contribution in [0.3, 0.4) is 0 Å². The highest BCUT2D eigenvalue weighted by Gasteiger charge is 2.30. The Morgan fingerprint density at radius 2 is 1.50 bits per heavy atom. The first-order valence-corrected chi connectivity index (χ1v) is 7.53. The molecule has 1 aliphatic rings. The maximum Gasteiger partial charge on any atom is 0.251 e. The minimum atomic E-state index is -2.43. The summed E-state index contributed by atoms with van der Waals surface area (Å²) in [6, 6.07) is 0. The molecule has 0 spiro atoms. The van der Waals surface area contributed by atoms with Crippen LogP contribution in [0.25, 0.3) is 0 Å². The van der Waals surface area contributed by atoms with Gasteiger partial charge in [-0.15, -0.1) is 0 Å². The molecule has 124 valence electrons. The minimum absolute atomic E-state index is 0.0387. The quantitative estimate of drug-likeness (QED) is 0.390. The molecular formula is C16H32F4. The lowest BCUT2D eigenvalue weighted by Crippen LogP contribution is -2.19. The molecule has 1 rings (SSSR count). The van der Waals surface area contributed by atoms with Crippen LogP contribution in [-0.2, 0) is 0 Å². The van der Waals surface area contributed by atoms with Crippen LogP contribution in [0.15, 0.2) is 11.6 Å². The van der Waals surface area contributed by atoms with Gasteiger partial charge in [0.1, 0.15) is 13.3 Å². The third-order valence-electron chi connectivity index (χ3n) is 2.26. The fourth-order valence-corrected chi connectivity index (χ4v) is 1.34. The highest BCUT2D eigenvalue weighted by Crippen LogP contribution is 2.34. The Morgan fingerprint density at radius 1 is 1.10 bits per heavy atom. The molecule has 0 aromatic rings. The predicted molar refractivity (Wildman–Crippen MR) is 81.0 cm³/mol. The van der Waals surface area contributed by atoms with Gasteiger partial charge >= 0.3 is 0 Å². The van der Waals surface area contributed by atoms with E-state index in [1.807, 2.05) is 13.8 Å². The fourth-order valence-electron chi connectivity index (χ4n) is 1.34. The minimum Gasteiger partial charge on any atom is -0.248 e. The van der Waals surface area contributed by atoms with Gasteiger partial charge in [0.05, 0.1) is 0 Å². The zero-order valence-corrected chi connectivity index (χ0v) is 13.9. The van der Waals surface area contributed by atoms with Crippen molar-refractivity contribution in [3.05, 3.63) is 11.6 Å². The molecule has 1 aliphatic carbocycles. The van der Waals surface area contributed by atoms with Crippen LogP contribution < -0.4 is 0 Å². The monoisotopic (exact) mass is 300 g/mol. The third kappa shape index (κ3) is 17.5. The molecule has 0 bridgehead atoms. The van der Waals surface area contributed by atoms with Gasteiger partial charge in [-0.1, -0.05) is 59.6 Å². The van der Waals surface area contributed by atoms with Crippen LogP contribution in [0.2, 0.25) is 0 Å². The molecule has 0 aromatic heterocycles. The largest absolute Gasteiger partial charge is 0.251 e. The molecule has 0 heterocycles. The van der Waals surface area contributed by atoms with Crippen LogP contribution >= 0.6 is 0 Å². The summed E-state index contributed by atoms with van der Waals surface area (Å²) in [5.74, 6) is -2.00. The summed E-state index contributed by atoms with van der Waals surface area (Å²) in [5, 5.41) is 0. The second-order valence-corrected chi connectivity index (χ2v) is 4.58. The number of rotatable bonds is 2. The normalized spacial score (nSPS) is 15.7. The molecule has 0 saturated carbocycles. The fraction of sp³-hybridized carbons (Fsp3) is 0.875. The Balaban J connectivity index is -0.000000269. The van der Waals surface area contributed by atoms with Gasteiger partial charge in [-0.3, -0.25) is 0 Å². The highest BCUT2D eigenvalue weighted by molar-refractivity contribution is 5.10. The van der Waals surface area contributed by atoms with Crippen molar-refractivity contribution in [3.63, 3.8) is 0 Å². The number of hydrogen-bond acceptors (Lipinski definition) is 0. The lowest BCUT2D eigenvalue weighted by atomic mass is 9.90. The van der Waals surface area contributed by atoms with Crippen molar-refractivity contribution in [1.82, 2.24) is 0 Å². The van der Waals surface area contributed by atoms with Crippen molar-refractivity contribution in [2.45, 2.75) is 73.1 Å². The molecule has 0 nitrogen and oxygen atoms in total. The molecule has 0 saturated heterocycles. The molecular weight excluding hydrogens is 268 g/mol. The van der Waals surface area contributed by atoms with Gasteiger partial charge in [0.2, 0.25) is 0 Å². The maximum atomic E-state index is 12.6. The standard InChI is InChI=1S/C9H14F2.C3H8.C2H4F2.C2H6/c1-7(2)8-3-5-9(10,11)6-4-8;1-3-2;3-1-2-4;1-2/h3,7H,4-6H2,1-2H3;3H2,1-2H3;1-2H2;1-2H3. The zero-order chi connectivity index (χ0) is 16.6. The van der Waals surface area contributed by atoms with Crippen LogP contribution in [0.1, 0.15) is 67.2 Å². The molecule has 20 heavy (non-hydrogen) atoms. The van der Waals surface area contributed by atoms with Crippen LogP contribution in [0.5, 0.6) is 0 Å². The van der Waals surface area contributed by atoms with E-state index in [0.717, 1.165) is 0 Å². The molecule has 0 aromatic carbocycles. The van der Waals surface area contributed by atoms with Crippen molar-refractivity contribution >= 4 is 0 Å². The molecule has 0 N–H and O–H groups in total. The first kappa shape index (κ1) is 24.5. The third-order valence-corrected chi connectivity index (χ3v) is 2.26. The van der Waals surface area contributed by atoms with E-state index in [1.165, 1.54) is 12.0 Å². The van der Waals surface area contributed by atoms with E-state index in [-0.39, 0.29) is 12.8 Å². The van der Waals surface area contributed by atoms with E-state index in [9.17, 15) is 17.6 Å². The summed E-state index contributed by atoms with van der Waals surface area (Å²) in [6.45, 7) is 10.7. The van der Waals surface area contributed by atoms with E-state index in [2.05, 4.69) is 27.7 Å². The van der Waals surface area contributed by atoms with Crippen molar-refractivity contribution in [2.75, 3.05) is 13.3 Å². The van der Waals surface area contributed by atoms with E-state index < -0.39 is 19.3 Å². The predicted octanol–water partition coefficient (Wildman–Crippen LogP) is 6.76. The topological polar surface area (TPSA) is 0 Å². The van der Waals surface area contributed by atoms with Gasteiger partial charge in [-0.25, -0.2) is 17.6 Å². The summed E-state index contributed by atoms with van der Waals surface area (Å²) in [4.78, 5) is 0. The summed E-state index contributed by atoms with van der Waals surface area (Å²) < 4.78 is 45.9. The Kier molecular flexibility index (Phi) is 20.2. The number of alkyl halides is 4. The summed E-state index contributed by atoms with van der Waals surface area (Å²) in [6.07, 6.45) is 3.51. The first-order valence-electron chi connectivity index (χ1n) is 7.53. The summed E-state index contributed by atoms with van der Waals surface area (Å²) >= 11 is 0. The first-order chi connectivity index (χ1) is 9.34. The SMILES string of the molecule is CC.CC(C)C1=CCC(F)(F)CC1.CCC.FCCF. The van der Waals surface area contributed by atoms with E-state index in [4.69, 9.17) is 0 Å². The second-order valence-electron chi connectivity index (χ2n) is 4.58. The van der Waals surface area contributed by atoms with E-state index in [1.54, 1.807) is 6.08 Å². The maximum absolute atomic E-state index is 12.6. The number of halogens is 4. The summed E-state index contributed by atoms with van der Waals surface area (Å²) in [5.41, 5.74) is 1.19. The highest BCUT2D eigenvalue weighted by atomic mass is 19.3. The molecule has 0 aliphatic heterocycles. The van der Waals surface area contributed by atoms with Crippen molar-refractivity contribution < 1.29 is 17.6 Å². The Labute approximate surface area is 122 Å². The molecule has 4 heteroatoms. The van der Waals surface area contributed by atoms with Gasteiger partial charge in [0, 0.05) is 12.8 Å². The van der Waals surface area contributed by atoms with Crippen molar-refractivity contribution in [1.29, 1.82) is 0 Å². The lowest BCUT2D eigenvalue weighted by molar-refractivity contribution is -0.00946. The van der Waals surface area contributed by atoms with E-state index >= 15 is 0 Å². The lowest BCUT2D eigenvalue weighted by Gasteiger charge is -2.23. The Bertz CT molecular complexity index is 209. The Hall–Kier alpha value is -0.540. The number of hydrogen-bond donors (Lipinski definition) is 0. The summed E-state index contributed by atoms with van der Waals surface area (Å²) in [7, 11) is 0. The smallest absolute Gasteiger partial charge is 0.248 e. The van der Waals surface area contributed by atoms with Gasteiger partial charge in [-0.05, 0) is 12.3 Å². The van der Waals surface area contributed by atoms with Gasteiger partial charge in [-0.2, -0.15) is 0 Å². The van der Waals surface area contributed by atoms with Crippen molar-refractivity contribution in [3.8, 4) is 0 Å². The van der Waals surface area contributed by atoms with Crippen LogP contribution in [-0.4, -0.2) is 19.3 Å². The molecule has 0 amide bonds. The van der Waals surface area contributed by atoms with Crippen molar-refractivity contribution in [2.24, 2.45) is 5.92 Å².